The standard InChI is InChI=1S/C29H34N2O3/c1-21(2)25-14-16-26(17-15-25)34-20-28(32)31(19-24-12-10-22(3)11-13-24)27(29(33)30-4)18-23-8-6-5-7-9-23/h5-17,21,27H,18-20H2,1-4H3,(H,30,33)/t27-/m1/s1. The summed E-state index contributed by atoms with van der Waals surface area (Å²) < 4.78 is 5.83. The van der Waals surface area contributed by atoms with E-state index in [4.69, 9.17) is 4.74 Å². The highest BCUT2D eigenvalue weighted by atomic mass is 16.5. The van der Waals surface area contributed by atoms with Crippen molar-refractivity contribution in [1.82, 2.24) is 10.2 Å². The number of hydrogen-bond donors (Lipinski definition) is 1. The molecule has 5 nitrogen and oxygen atoms in total. The van der Waals surface area contributed by atoms with E-state index in [9.17, 15) is 9.59 Å². The molecule has 0 aromatic heterocycles. The van der Waals surface area contributed by atoms with Crippen molar-refractivity contribution in [1.29, 1.82) is 0 Å². The first-order valence-electron chi connectivity index (χ1n) is 11.7. The first-order chi connectivity index (χ1) is 16.4. The summed E-state index contributed by atoms with van der Waals surface area (Å²) in [7, 11) is 1.60. The molecule has 0 bridgehead atoms. The van der Waals surface area contributed by atoms with Gasteiger partial charge in [-0.05, 0) is 41.7 Å². The van der Waals surface area contributed by atoms with E-state index in [0.29, 0.717) is 24.6 Å². The van der Waals surface area contributed by atoms with Crippen molar-refractivity contribution in [3.05, 3.63) is 101 Å². The largest absolute Gasteiger partial charge is 0.484 e. The zero-order chi connectivity index (χ0) is 24.5. The lowest BCUT2D eigenvalue weighted by Gasteiger charge is -2.31. The minimum atomic E-state index is -0.659. The molecule has 0 aliphatic heterocycles. The quantitative estimate of drug-likeness (QED) is 0.471. The average Bonchev–Trinajstić information content (AvgIpc) is 2.86. The van der Waals surface area contributed by atoms with Crippen LogP contribution in [-0.2, 0) is 22.6 Å². The molecule has 0 heterocycles. The van der Waals surface area contributed by atoms with Crippen LogP contribution < -0.4 is 10.1 Å². The molecule has 1 atom stereocenters. The van der Waals surface area contributed by atoms with Gasteiger partial charge in [0.25, 0.3) is 5.91 Å². The van der Waals surface area contributed by atoms with E-state index in [1.54, 1.807) is 11.9 Å². The SMILES string of the molecule is CNC(=O)[C@@H](Cc1ccccc1)N(Cc1ccc(C)cc1)C(=O)COc1ccc(C(C)C)cc1. The minimum Gasteiger partial charge on any atom is -0.484 e. The lowest BCUT2D eigenvalue weighted by atomic mass is 10.0. The van der Waals surface area contributed by atoms with Crippen LogP contribution >= 0.6 is 0 Å². The van der Waals surface area contributed by atoms with Crippen LogP contribution in [0.4, 0.5) is 0 Å². The Kier molecular flexibility index (Phi) is 8.86. The highest BCUT2D eigenvalue weighted by molar-refractivity contribution is 5.88. The van der Waals surface area contributed by atoms with E-state index in [1.807, 2.05) is 85.8 Å². The van der Waals surface area contributed by atoms with E-state index in [0.717, 1.165) is 16.7 Å². The topological polar surface area (TPSA) is 58.6 Å². The van der Waals surface area contributed by atoms with Gasteiger partial charge in [0.15, 0.2) is 6.61 Å². The summed E-state index contributed by atoms with van der Waals surface area (Å²) in [5.41, 5.74) is 4.30. The Morgan fingerprint density at radius 2 is 1.53 bits per heavy atom. The van der Waals surface area contributed by atoms with Crippen molar-refractivity contribution in [2.45, 2.75) is 45.7 Å². The fraction of sp³-hybridized carbons (Fsp3) is 0.310. The van der Waals surface area contributed by atoms with Crippen molar-refractivity contribution >= 4 is 11.8 Å². The molecule has 0 aliphatic rings. The van der Waals surface area contributed by atoms with Gasteiger partial charge >= 0.3 is 0 Å². The number of ether oxygens (including phenoxy) is 1. The van der Waals surface area contributed by atoms with Crippen molar-refractivity contribution in [2.24, 2.45) is 0 Å². The zero-order valence-corrected chi connectivity index (χ0v) is 20.5. The lowest BCUT2D eigenvalue weighted by molar-refractivity contribution is -0.142. The summed E-state index contributed by atoms with van der Waals surface area (Å²) in [6.45, 7) is 6.46. The van der Waals surface area contributed by atoms with E-state index in [-0.39, 0.29) is 18.4 Å². The van der Waals surface area contributed by atoms with Gasteiger partial charge < -0.3 is 15.0 Å². The van der Waals surface area contributed by atoms with Crippen LogP contribution in [-0.4, -0.2) is 36.4 Å². The third-order valence-electron chi connectivity index (χ3n) is 5.90. The maximum absolute atomic E-state index is 13.4. The van der Waals surface area contributed by atoms with Gasteiger partial charge in [-0.2, -0.15) is 0 Å². The van der Waals surface area contributed by atoms with Crippen molar-refractivity contribution in [3.63, 3.8) is 0 Å². The Morgan fingerprint density at radius 1 is 0.882 bits per heavy atom. The van der Waals surface area contributed by atoms with Crippen LogP contribution in [0.5, 0.6) is 5.75 Å². The molecule has 0 saturated carbocycles. The highest BCUT2D eigenvalue weighted by Crippen LogP contribution is 2.20. The van der Waals surface area contributed by atoms with E-state index in [2.05, 4.69) is 19.2 Å². The molecule has 0 radical (unpaired) electrons. The fourth-order valence-corrected chi connectivity index (χ4v) is 3.79. The number of nitrogens with one attached hydrogen (secondary N) is 1. The number of rotatable bonds is 10. The Hall–Kier alpha value is -3.60. The van der Waals surface area contributed by atoms with Gasteiger partial charge in [0.05, 0.1) is 0 Å². The molecule has 2 amide bonds. The van der Waals surface area contributed by atoms with Crippen LogP contribution in [0.15, 0.2) is 78.9 Å². The maximum atomic E-state index is 13.4. The predicted molar refractivity (Wildman–Crippen MR) is 136 cm³/mol. The molecule has 1 N–H and O–H groups in total. The number of hydrogen-bond acceptors (Lipinski definition) is 3. The predicted octanol–water partition coefficient (Wildman–Crippen LogP) is 4.88. The van der Waals surface area contributed by atoms with Gasteiger partial charge in [-0.3, -0.25) is 9.59 Å². The molecule has 3 aromatic carbocycles. The molecule has 34 heavy (non-hydrogen) atoms. The fourth-order valence-electron chi connectivity index (χ4n) is 3.79. The molecule has 0 aliphatic carbocycles. The third kappa shape index (κ3) is 6.95. The first kappa shape index (κ1) is 25.0. The average molecular weight is 459 g/mol. The molecular weight excluding hydrogens is 424 g/mol. The van der Waals surface area contributed by atoms with Crippen molar-refractivity contribution in [3.8, 4) is 5.75 Å². The van der Waals surface area contributed by atoms with Crippen LogP contribution in [0.3, 0.4) is 0 Å². The normalized spacial score (nSPS) is 11.7. The van der Waals surface area contributed by atoms with Gasteiger partial charge in [0.1, 0.15) is 11.8 Å². The summed E-state index contributed by atoms with van der Waals surface area (Å²) in [4.78, 5) is 28.0. The van der Waals surface area contributed by atoms with Gasteiger partial charge in [0.2, 0.25) is 5.91 Å². The maximum Gasteiger partial charge on any atom is 0.261 e. The number of aryl methyl sites for hydroxylation is 1. The molecule has 178 valence electrons. The van der Waals surface area contributed by atoms with Gasteiger partial charge in [-0.1, -0.05) is 86.1 Å². The Balaban J connectivity index is 1.83. The molecular formula is C29H34N2O3. The van der Waals surface area contributed by atoms with Crippen molar-refractivity contribution in [2.75, 3.05) is 13.7 Å². The summed E-state index contributed by atoms with van der Waals surface area (Å²) >= 11 is 0. The molecule has 0 unspecified atom stereocenters. The Labute approximate surface area is 202 Å². The molecule has 0 saturated heterocycles. The molecule has 3 rings (SSSR count). The zero-order valence-electron chi connectivity index (χ0n) is 20.5. The second-order valence-electron chi connectivity index (χ2n) is 8.84. The molecule has 3 aromatic rings. The summed E-state index contributed by atoms with van der Waals surface area (Å²) in [6, 6.07) is 24.9. The van der Waals surface area contributed by atoms with Crippen LogP contribution in [0, 0.1) is 6.92 Å². The van der Waals surface area contributed by atoms with Crippen LogP contribution in [0.25, 0.3) is 0 Å². The number of nitrogens with zero attached hydrogens (tertiary/aromatic N) is 1. The number of likely N-dealkylation sites (N-methyl/N-ethyl adjacent to an activating group) is 1. The summed E-state index contributed by atoms with van der Waals surface area (Å²) in [6.07, 6.45) is 0.418. The Morgan fingerprint density at radius 3 is 2.12 bits per heavy atom. The highest BCUT2D eigenvalue weighted by Gasteiger charge is 2.30. The minimum absolute atomic E-state index is 0.144. The van der Waals surface area contributed by atoms with E-state index in [1.165, 1.54) is 5.56 Å². The van der Waals surface area contributed by atoms with Gasteiger partial charge in [-0.25, -0.2) is 0 Å². The summed E-state index contributed by atoms with van der Waals surface area (Å²) in [5, 5.41) is 2.73. The molecule has 5 heteroatoms. The van der Waals surface area contributed by atoms with Crippen LogP contribution in [0.1, 0.15) is 42.0 Å². The number of amides is 2. The monoisotopic (exact) mass is 458 g/mol. The van der Waals surface area contributed by atoms with E-state index >= 15 is 0 Å². The number of benzene rings is 3. The van der Waals surface area contributed by atoms with E-state index < -0.39 is 6.04 Å². The Bertz CT molecular complexity index is 1060. The first-order valence-corrected chi connectivity index (χ1v) is 11.7. The molecule has 0 fully saturated rings. The third-order valence-corrected chi connectivity index (χ3v) is 5.90. The second kappa shape index (κ2) is 12.0. The second-order valence-corrected chi connectivity index (χ2v) is 8.84. The number of carbonyl (C=O) groups excluding carboxylic acids is 2. The smallest absolute Gasteiger partial charge is 0.261 e. The van der Waals surface area contributed by atoms with Gasteiger partial charge in [-0.15, -0.1) is 0 Å². The molecule has 0 spiro atoms. The lowest BCUT2D eigenvalue weighted by Crippen LogP contribution is -2.51. The van der Waals surface area contributed by atoms with Crippen LogP contribution in [0.2, 0.25) is 0 Å². The van der Waals surface area contributed by atoms with Gasteiger partial charge in [0, 0.05) is 20.0 Å². The number of carbonyl (C=O) groups is 2. The van der Waals surface area contributed by atoms with Crippen molar-refractivity contribution < 1.29 is 14.3 Å². The summed E-state index contributed by atoms with van der Waals surface area (Å²) in [5.74, 6) is 0.614.